The van der Waals surface area contributed by atoms with Crippen molar-refractivity contribution in [3.05, 3.63) is 71.4 Å². The number of benzene rings is 2. The summed E-state index contributed by atoms with van der Waals surface area (Å²) >= 11 is 0. The summed E-state index contributed by atoms with van der Waals surface area (Å²) in [5.74, 6) is -3.76. The van der Waals surface area contributed by atoms with Crippen LogP contribution in [0.1, 0.15) is 20.8 Å². The van der Waals surface area contributed by atoms with Gasteiger partial charge in [-0.25, -0.2) is 23.1 Å². The smallest absolute Gasteiger partial charge is 0.357 e. The number of esters is 2. The summed E-state index contributed by atoms with van der Waals surface area (Å²) in [5, 5.41) is 4.15. The largest absolute Gasteiger partial charge is 0.465 e. The molecule has 0 atom stereocenters. The van der Waals surface area contributed by atoms with Crippen molar-refractivity contribution in [2.45, 2.75) is 0 Å². The maximum atomic E-state index is 14.4. The van der Waals surface area contributed by atoms with E-state index >= 15 is 0 Å². The maximum absolute atomic E-state index is 14.4. The number of para-hydroxylation sites is 1. The second-order valence-electron chi connectivity index (χ2n) is 5.40. The van der Waals surface area contributed by atoms with Gasteiger partial charge >= 0.3 is 11.9 Å². The minimum Gasteiger partial charge on any atom is -0.465 e. The van der Waals surface area contributed by atoms with E-state index in [2.05, 4.69) is 5.10 Å². The molecule has 0 amide bonds. The highest BCUT2D eigenvalue weighted by Gasteiger charge is 2.33. The predicted octanol–water partition coefficient (Wildman–Crippen LogP) is 3.39. The fourth-order valence-electron chi connectivity index (χ4n) is 2.65. The Morgan fingerprint density at radius 3 is 2.04 bits per heavy atom. The Hall–Kier alpha value is -3.55. The lowest BCUT2D eigenvalue weighted by Crippen LogP contribution is -2.15. The van der Waals surface area contributed by atoms with E-state index in [0.717, 1.165) is 31.0 Å². The number of nitrogens with zero attached hydrogens (tertiary/aromatic N) is 2. The Balaban J connectivity index is 2.42. The van der Waals surface area contributed by atoms with Crippen molar-refractivity contribution in [3.63, 3.8) is 0 Å². The molecule has 0 spiro atoms. The van der Waals surface area contributed by atoms with Crippen LogP contribution >= 0.6 is 0 Å². The van der Waals surface area contributed by atoms with Gasteiger partial charge in [-0.2, -0.15) is 5.10 Å². The van der Waals surface area contributed by atoms with Gasteiger partial charge in [0.1, 0.15) is 22.9 Å². The molecular weight excluding hydrogens is 358 g/mol. The summed E-state index contributed by atoms with van der Waals surface area (Å²) in [5.41, 5.74) is -1.20. The molecule has 3 rings (SSSR count). The van der Waals surface area contributed by atoms with Crippen LogP contribution < -0.4 is 0 Å². The van der Waals surface area contributed by atoms with Crippen molar-refractivity contribution in [2.24, 2.45) is 0 Å². The lowest BCUT2D eigenvalue weighted by Gasteiger charge is -2.07. The normalized spacial score (nSPS) is 10.5. The molecule has 27 heavy (non-hydrogen) atoms. The average molecular weight is 372 g/mol. The third-order valence-corrected chi connectivity index (χ3v) is 3.85. The molecule has 1 aromatic heterocycles. The van der Waals surface area contributed by atoms with Gasteiger partial charge in [-0.1, -0.05) is 24.3 Å². The van der Waals surface area contributed by atoms with E-state index in [-0.39, 0.29) is 11.4 Å². The number of halogens is 2. The van der Waals surface area contributed by atoms with Crippen molar-refractivity contribution in [1.29, 1.82) is 0 Å². The van der Waals surface area contributed by atoms with Gasteiger partial charge in [-0.15, -0.1) is 0 Å². The molecule has 0 fully saturated rings. The summed E-state index contributed by atoms with van der Waals surface area (Å²) in [6, 6.07) is 11.6. The number of aromatic nitrogens is 2. The highest BCUT2D eigenvalue weighted by atomic mass is 19.1. The first-order valence-electron chi connectivity index (χ1n) is 7.79. The molecule has 0 aliphatic carbocycles. The molecule has 138 valence electrons. The van der Waals surface area contributed by atoms with Crippen molar-refractivity contribution in [2.75, 3.05) is 14.2 Å². The molecule has 0 radical (unpaired) electrons. The Labute approximate surface area is 152 Å². The van der Waals surface area contributed by atoms with Gasteiger partial charge in [-0.05, 0) is 24.3 Å². The van der Waals surface area contributed by atoms with Crippen molar-refractivity contribution in [3.8, 4) is 16.9 Å². The molecule has 0 aliphatic rings. The van der Waals surface area contributed by atoms with Crippen LogP contribution in [0.4, 0.5) is 8.78 Å². The number of ether oxygens (including phenoxy) is 2. The Bertz CT molecular complexity index is 996. The highest BCUT2D eigenvalue weighted by molar-refractivity contribution is 6.06. The standard InChI is InChI=1S/C19H14F2N2O4/c1-26-18(24)15-16(14-12(20)9-6-10-13(14)21)22-23(17(15)19(25)27-2)11-7-4-3-5-8-11/h3-10H,1-2H3. The summed E-state index contributed by atoms with van der Waals surface area (Å²) in [7, 11) is 2.21. The summed E-state index contributed by atoms with van der Waals surface area (Å²) < 4.78 is 39.3. The molecule has 1 heterocycles. The predicted molar refractivity (Wildman–Crippen MR) is 91.6 cm³/mol. The van der Waals surface area contributed by atoms with Crippen LogP contribution in [0.25, 0.3) is 16.9 Å². The fraction of sp³-hybridized carbons (Fsp3) is 0.105. The number of hydrogen-bond donors (Lipinski definition) is 0. The minimum absolute atomic E-state index is 0.298. The highest BCUT2D eigenvalue weighted by Crippen LogP contribution is 2.32. The van der Waals surface area contributed by atoms with E-state index < -0.39 is 34.7 Å². The Morgan fingerprint density at radius 2 is 1.48 bits per heavy atom. The summed E-state index contributed by atoms with van der Waals surface area (Å²) in [6.07, 6.45) is 0. The molecule has 2 aromatic carbocycles. The van der Waals surface area contributed by atoms with Gasteiger partial charge in [0.05, 0.1) is 25.5 Å². The molecule has 0 unspecified atom stereocenters. The van der Waals surface area contributed by atoms with Crippen molar-refractivity contribution < 1.29 is 27.8 Å². The van der Waals surface area contributed by atoms with Gasteiger partial charge in [0, 0.05) is 0 Å². The second kappa shape index (κ2) is 7.36. The maximum Gasteiger partial charge on any atom is 0.357 e. The fourth-order valence-corrected chi connectivity index (χ4v) is 2.65. The molecule has 6 nitrogen and oxygen atoms in total. The van der Waals surface area contributed by atoms with Crippen LogP contribution in [-0.2, 0) is 9.47 Å². The van der Waals surface area contributed by atoms with Crippen molar-refractivity contribution in [1.82, 2.24) is 9.78 Å². The van der Waals surface area contributed by atoms with Crippen LogP contribution in [0, 0.1) is 11.6 Å². The zero-order valence-electron chi connectivity index (χ0n) is 14.4. The van der Waals surface area contributed by atoms with E-state index in [9.17, 15) is 18.4 Å². The van der Waals surface area contributed by atoms with E-state index in [4.69, 9.17) is 9.47 Å². The van der Waals surface area contributed by atoms with Crippen LogP contribution in [0.5, 0.6) is 0 Å². The number of carbonyl (C=O) groups excluding carboxylic acids is 2. The van der Waals surface area contributed by atoms with Crippen LogP contribution in [-0.4, -0.2) is 35.9 Å². The van der Waals surface area contributed by atoms with Crippen LogP contribution in [0.15, 0.2) is 48.5 Å². The summed E-state index contributed by atoms with van der Waals surface area (Å²) in [4.78, 5) is 24.8. The number of carbonyl (C=O) groups is 2. The second-order valence-corrected chi connectivity index (χ2v) is 5.40. The lowest BCUT2D eigenvalue weighted by atomic mass is 10.0. The van der Waals surface area contributed by atoms with Gasteiger partial charge in [-0.3, -0.25) is 0 Å². The Morgan fingerprint density at radius 1 is 0.889 bits per heavy atom. The van der Waals surface area contributed by atoms with Crippen LogP contribution in [0.3, 0.4) is 0 Å². The topological polar surface area (TPSA) is 70.4 Å². The number of hydrogen-bond acceptors (Lipinski definition) is 5. The zero-order valence-corrected chi connectivity index (χ0v) is 14.4. The van der Waals surface area contributed by atoms with E-state index in [1.165, 1.54) is 6.07 Å². The van der Waals surface area contributed by atoms with E-state index in [1.54, 1.807) is 30.3 Å². The van der Waals surface area contributed by atoms with Gasteiger partial charge < -0.3 is 9.47 Å². The molecule has 0 N–H and O–H groups in total. The number of rotatable bonds is 4. The SMILES string of the molecule is COC(=O)c1c(-c2c(F)cccc2F)nn(-c2ccccc2)c1C(=O)OC. The van der Waals surface area contributed by atoms with Crippen LogP contribution in [0.2, 0.25) is 0 Å². The molecule has 8 heteroatoms. The quantitative estimate of drug-likeness (QED) is 0.657. The molecular formula is C19H14F2N2O4. The first kappa shape index (κ1) is 18.2. The molecule has 0 saturated heterocycles. The molecule has 0 saturated carbocycles. The molecule has 3 aromatic rings. The zero-order chi connectivity index (χ0) is 19.6. The molecule has 0 bridgehead atoms. The summed E-state index contributed by atoms with van der Waals surface area (Å²) in [6.45, 7) is 0. The third kappa shape index (κ3) is 3.17. The van der Waals surface area contributed by atoms with Crippen molar-refractivity contribution >= 4 is 11.9 Å². The average Bonchev–Trinajstić information content (AvgIpc) is 3.07. The monoisotopic (exact) mass is 372 g/mol. The molecule has 0 aliphatic heterocycles. The lowest BCUT2D eigenvalue weighted by molar-refractivity contribution is 0.0549. The number of methoxy groups -OCH3 is 2. The first-order chi connectivity index (χ1) is 13.0. The Kier molecular flexibility index (Phi) is 4.98. The van der Waals surface area contributed by atoms with Gasteiger partial charge in [0.15, 0.2) is 5.69 Å². The van der Waals surface area contributed by atoms with E-state index in [1.807, 2.05) is 0 Å². The third-order valence-electron chi connectivity index (χ3n) is 3.85. The minimum atomic E-state index is -0.977. The van der Waals surface area contributed by atoms with Gasteiger partial charge in [0.25, 0.3) is 0 Å². The van der Waals surface area contributed by atoms with Gasteiger partial charge in [0.2, 0.25) is 0 Å². The first-order valence-corrected chi connectivity index (χ1v) is 7.79. The van der Waals surface area contributed by atoms with E-state index in [0.29, 0.717) is 5.69 Å².